The van der Waals surface area contributed by atoms with Crippen LogP contribution in [0.5, 0.6) is 0 Å². The number of rotatable bonds is 5. The molecule has 1 saturated heterocycles. The molecule has 1 aliphatic heterocycles. The molecular formula is C16H32N2. The third kappa shape index (κ3) is 4.55. The summed E-state index contributed by atoms with van der Waals surface area (Å²) in [5, 5.41) is 3.81. The maximum atomic E-state index is 3.81. The van der Waals surface area contributed by atoms with Crippen LogP contribution in [-0.2, 0) is 0 Å². The van der Waals surface area contributed by atoms with Crippen molar-refractivity contribution in [1.29, 1.82) is 0 Å². The molecule has 1 heterocycles. The van der Waals surface area contributed by atoms with Crippen molar-refractivity contribution in [3.05, 3.63) is 0 Å². The number of hydrogen-bond donors (Lipinski definition) is 1. The molecule has 2 fully saturated rings. The van der Waals surface area contributed by atoms with Crippen molar-refractivity contribution in [2.75, 3.05) is 26.2 Å². The van der Waals surface area contributed by atoms with E-state index in [-0.39, 0.29) is 0 Å². The molecular weight excluding hydrogens is 220 g/mol. The van der Waals surface area contributed by atoms with Gasteiger partial charge in [0.1, 0.15) is 0 Å². The summed E-state index contributed by atoms with van der Waals surface area (Å²) < 4.78 is 0. The van der Waals surface area contributed by atoms with Crippen LogP contribution in [0.25, 0.3) is 0 Å². The summed E-state index contributed by atoms with van der Waals surface area (Å²) in [5.41, 5.74) is 0.597. The minimum atomic E-state index is 0.597. The van der Waals surface area contributed by atoms with Crippen LogP contribution in [0.2, 0.25) is 0 Å². The number of nitrogens with one attached hydrogen (secondary N) is 1. The molecule has 106 valence electrons. The van der Waals surface area contributed by atoms with E-state index >= 15 is 0 Å². The van der Waals surface area contributed by atoms with Crippen LogP contribution in [0.4, 0.5) is 0 Å². The van der Waals surface area contributed by atoms with Crippen molar-refractivity contribution < 1.29 is 0 Å². The normalized spacial score (nSPS) is 27.5. The second-order valence-electron chi connectivity index (χ2n) is 7.46. The zero-order chi connectivity index (χ0) is 13.0. The Labute approximate surface area is 114 Å². The number of nitrogens with zero attached hydrogens (tertiary/aromatic N) is 1. The van der Waals surface area contributed by atoms with Crippen LogP contribution in [0.15, 0.2) is 0 Å². The Morgan fingerprint density at radius 2 is 1.78 bits per heavy atom. The molecule has 1 unspecified atom stereocenters. The van der Waals surface area contributed by atoms with Gasteiger partial charge in [-0.3, -0.25) is 0 Å². The van der Waals surface area contributed by atoms with E-state index in [9.17, 15) is 0 Å². The van der Waals surface area contributed by atoms with Crippen LogP contribution in [0.3, 0.4) is 0 Å². The Morgan fingerprint density at radius 3 is 2.39 bits per heavy atom. The predicted octanol–water partition coefficient (Wildman–Crippen LogP) is 3.28. The van der Waals surface area contributed by atoms with Gasteiger partial charge in [-0.05, 0) is 69.5 Å². The summed E-state index contributed by atoms with van der Waals surface area (Å²) in [5.74, 6) is 0.804. The third-order valence-corrected chi connectivity index (χ3v) is 4.86. The molecule has 0 bridgehead atoms. The minimum Gasteiger partial charge on any atom is -0.314 e. The molecule has 0 aromatic carbocycles. The molecule has 2 rings (SSSR count). The summed E-state index contributed by atoms with van der Waals surface area (Å²) in [6.45, 7) is 12.4. The molecule has 1 atom stereocenters. The van der Waals surface area contributed by atoms with Crippen molar-refractivity contribution in [3.8, 4) is 0 Å². The summed E-state index contributed by atoms with van der Waals surface area (Å²) in [7, 11) is 0. The first-order chi connectivity index (χ1) is 8.55. The van der Waals surface area contributed by atoms with Crippen molar-refractivity contribution >= 4 is 0 Å². The maximum absolute atomic E-state index is 3.81. The fourth-order valence-electron chi connectivity index (χ4n) is 3.44. The second-order valence-corrected chi connectivity index (χ2v) is 7.46. The Balaban J connectivity index is 1.59. The topological polar surface area (TPSA) is 15.3 Å². The Morgan fingerprint density at radius 1 is 1.17 bits per heavy atom. The highest BCUT2D eigenvalue weighted by Crippen LogP contribution is 2.34. The third-order valence-electron chi connectivity index (χ3n) is 4.86. The van der Waals surface area contributed by atoms with E-state index in [0.29, 0.717) is 5.41 Å². The lowest BCUT2D eigenvalue weighted by Crippen LogP contribution is -2.39. The molecule has 1 N–H and O–H groups in total. The molecule has 2 heteroatoms. The van der Waals surface area contributed by atoms with Gasteiger partial charge in [0, 0.05) is 12.6 Å². The highest BCUT2D eigenvalue weighted by atomic mass is 15.1. The van der Waals surface area contributed by atoms with Crippen molar-refractivity contribution in [3.63, 3.8) is 0 Å². The van der Waals surface area contributed by atoms with Gasteiger partial charge in [-0.15, -0.1) is 0 Å². The van der Waals surface area contributed by atoms with Gasteiger partial charge in [-0.2, -0.15) is 0 Å². The van der Waals surface area contributed by atoms with Gasteiger partial charge in [0.05, 0.1) is 0 Å². The van der Waals surface area contributed by atoms with Crippen LogP contribution in [-0.4, -0.2) is 37.1 Å². The molecule has 2 nitrogen and oxygen atoms in total. The first kappa shape index (κ1) is 14.3. The molecule has 1 saturated carbocycles. The van der Waals surface area contributed by atoms with Gasteiger partial charge < -0.3 is 10.2 Å². The zero-order valence-electron chi connectivity index (χ0n) is 12.7. The molecule has 1 aliphatic carbocycles. The fraction of sp³-hybridized carbons (Fsp3) is 1.00. The average molecular weight is 252 g/mol. The summed E-state index contributed by atoms with van der Waals surface area (Å²) in [6, 6.07) is 0.791. The lowest BCUT2D eigenvalue weighted by atomic mass is 9.75. The van der Waals surface area contributed by atoms with Crippen LogP contribution in [0.1, 0.15) is 59.3 Å². The minimum absolute atomic E-state index is 0.597. The van der Waals surface area contributed by atoms with Crippen LogP contribution in [0, 0.1) is 11.3 Å². The Kier molecular flexibility index (Phi) is 5.08. The van der Waals surface area contributed by atoms with E-state index in [1.807, 2.05) is 0 Å². The van der Waals surface area contributed by atoms with Gasteiger partial charge in [0.15, 0.2) is 0 Å². The van der Waals surface area contributed by atoms with Crippen LogP contribution < -0.4 is 5.32 Å². The Bertz CT molecular complexity index is 233. The van der Waals surface area contributed by atoms with E-state index < -0.39 is 0 Å². The lowest BCUT2D eigenvalue weighted by molar-refractivity contribution is 0.198. The Hall–Kier alpha value is -0.0800. The SMILES string of the molecule is CC(CNC1CCC(C)(C)CC1)CN1CCCC1. The smallest absolute Gasteiger partial charge is 0.00675 e. The van der Waals surface area contributed by atoms with E-state index in [1.165, 1.54) is 64.7 Å². The first-order valence-corrected chi connectivity index (χ1v) is 8.01. The molecule has 18 heavy (non-hydrogen) atoms. The number of likely N-dealkylation sites (tertiary alicyclic amines) is 1. The quantitative estimate of drug-likeness (QED) is 0.808. The van der Waals surface area contributed by atoms with Crippen LogP contribution >= 0.6 is 0 Å². The van der Waals surface area contributed by atoms with Gasteiger partial charge in [-0.1, -0.05) is 20.8 Å². The van der Waals surface area contributed by atoms with E-state index in [2.05, 4.69) is 31.0 Å². The van der Waals surface area contributed by atoms with Gasteiger partial charge >= 0.3 is 0 Å². The van der Waals surface area contributed by atoms with Crippen molar-refractivity contribution in [1.82, 2.24) is 10.2 Å². The van der Waals surface area contributed by atoms with Crippen molar-refractivity contribution in [2.45, 2.75) is 65.3 Å². The largest absolute Gasteiger partial charge is 0.314 e. The second kappa shape index (κ2) is 6.38. The summed E-state index contributed by atoms with van der Waals surface area (Å²) in [6.07, 6.45) is 8.37. The number of hydrogen-bond acceptors (Lipinski definition) is 2. The molecule has 0 aromatic heterocycles. The zero-order valence-corrected chi connectivity index (χ0v) is 12.7. The van der Waals surface area contributed by atoms with Gasteiger partial charge in [0.25, 0.3) is 0 Å². The monoisotopic (exact) mass is 252 g/mol. The average Bonchev–Trinajstić information content (AvgIpc) is 2.80. The van der Waals surface area contributed by atoms with Crippen molar-refractivity contribution in [2.24, 2.45) is 11.3 Å². The van der Waals surface area contributed by atoms with E-state index in [0.717, 1.165) is 12.0 Å². The predicted molar refractivity (Wildman–Crippen MR) is 78.9 cm³/mol. The fourth-order valence-corrected chi connectivity index (χ4v) is 3.44. The standard InChI is InChI=1S/C16H32N2/c1-14(13-18-10-4-5-11-18)12-17-15-6-8-16(2,3)9-7-15/h14-15,17H,4-13H2,1-3H3. The lowest BCUT2D eigenvalue weighted by Gasteiger charge is -2.35. The molecule has 0 radical (unpaired) electrons. The summed E-state index contributed by atoms with van der Waals surface area (Å²) in [4.78, 5) is 2.64. The van der Waals surface area contributed by atoms with E-state index in [1.54, 1.807) is 0 Å². The van der Waals surface area contributed by atoms with Gasteiger partial charge in [0.2, 0.25) is 0 Å². The first-order valence-electron chi connectivity index (χ1n) is 8.01. The maximum Gasteiger partial charge on any atom is 0.00675 e. The molecule has 2 aliphatic rings. The highest BCUT2D eigenvalue weighted by molar-refractivity contribution is 4.82. The van der Waals surface area contributed by atoms with Gasteiger partial charge in [-0.25, -0.2) is 0 Å². The van der Waals surface area contributed by atoms with E-state index in [4.69, 9.17) is 0 Å². The highest BCUT2D eigenvalue weighted by Gasteiger charge is 2.26. The molecule has 0 spiro atoms. The molecule has 0 amide bonds. The molecule has 0 aromatic rings. The summed E-state index contributed by atoms with van der Waals surface area (Å²) >= 11 is 0.